The van der Waals surface area contributed by atoms with E-state index in [0.29, 0.717) is 43.0 Å². The number of amides is 2. The van der Waals surface area contributed by atoms with Crippen molar-refractivity contribution >= 4 is 23.7 Å². The number of nitrogens with zero attached hydrogens (tertiary/aromatic N) is 5. The molecule has 2 aliphatic heterocycles. The van der Waals surface area contributed by atoms with Crippen LogP contribution in [0.1, 0.15) is 75.6 Å². The maximum absolute atomic E-state index is 13.7. The van der Waals surface area contributed by atoms with Crippen molar-refractivity contribution in [2.24, 2.45) is 0 Å². The Kier molecular flexibility index (Phi) is 8.96. The number of alkyl halides is 3. The molecule has 1 aromatic heterocycles. The molecule has 0 saturated carbocycles. The Balaban J connectivity index is 1.62. The lowest BCUT2D eigenvalue weighted by Crippen LogP contribution is -2.50. The summed E-state index contributed by atoms with van der Waals surface area (Å²) in [6.45, 7) is 12.7. The third-order valence-electron chi connectivity index (χ3n) is 7.49. The second-order valence-corrected chi connectivity index (χ2v) is 13.1. The van der Waals surface area contributed by atoms with Gasteiger partial charge < -0.3 is 29.9 Å². The van der Waals surface area contributed by atoms with Gasteiger partial charge in [-0.15, -0.1) is 0 Å². The van der Waals surface area contributed by atoms with Crippen molar-refractivity contribution in [2.75, 3.05) is 49.9 Å². The van der Waals surface area contributed by atoms with E-state index in [0.717, 1.165) is 6.07 Å². The lowest BCUT2D eigenvalue weighted by atomic mass is 9.83. The van der Waals surface area contributed by atoms with Crippen LogP contribution in [-0.4, -0.2) is 77.4 Å². The second-order valence-electron chi connectivity index (χ2n) is 13.1. The summed E-state index contributed by atoms with van der Waals surface area (Å²) in [6, 6.07) is 8.61. The Morgan fingerprint density at radius 3 is 1.95 bits per heavy atom. The van der Waals surface area contributed by atoms with Crippen LogP contribution in [0, 0.1) is 11.3 Å². The monoisotopic (exact) mass is 616 g/mol. The normalized spacial score (nSPS) is 19.5. The quantitative estimate of drug-likeness (QED) is 0.464. The molecule has 13 heteroatoms. The van der Waals surface area contributed by atoms with E-state index in [-0.39, 0.29) is 24.7 Å². The molecule has 2 fully saturated rings. The Morgan fingerprint density at radius 2 is 1.43 bits per heavy atom. The van der Waals surface area contributed by atoms with Gasteiger partial charge in [0.25, 0.3) is 0 Å². The number of nitrogens with two attached hydrogens (primary N) is 1. The molecule has 0 bridgehead atoms. The highest BCUT2D eigenvalue weighted by molar-refractivity contribution is 5.70. The number of piperazine rings is 1. The standard InChI is InChI=1S/C31H39F3N6O4/c1-29(2,3)43-27(41)39-11-9-38(10-12-39)25-8-7-19(13-20(25)15-35)22-17-40(28(42)44-30(4,5)6)18-23(22)21-14-24(31(32,33)34)26(36)37-16-21/h7-8,13-14,16,22-23H,9-12,17-18H2,1-6H3,(H2,36,37)/t22-,23-/m0/s1. The molecule has 2 atom stereocenters. The van der Waals surface area contributed by atoms with Crippen molar-refractivity contribution in [2.45, 2.75) is 70.8 Å². The first kappa shape index (κ1) is 32.7. The molecule has 2 saturated heterocycles. The summed E-state index contributed by atoms with van der Waals surface area (Å²) in [5, 5.41) is 10.1. The van der Waals surface area contributed by atoms with Crippen molar-refractivity contribution < 1.29 is 32.2 Å². The van der Waals surface area contributed by atoms with Gasteiger partial charge in [-0.3, -0.25) is 0 Å². The number of hydrogen-bond acceptors (Lipinski definition) is 8. The van der Waals surface area contributed by atoms with Crippen LogP contribution in [0.15, 0.2) is 30.5 Å². The van der Waals surface area contributed by atoms with Crippen molar-refractivity contribution in [1.82, 2.24) is 14.8 Å². The number of rotatable bonds is 3. The molecule has 0 spiro atoms. The molecular weight excluding hydrogens is 577 g/mol. The van der Waals surface area contributed by atoms with Gasteiger partial charge in [0.2, 0.25) is 0 Å². The average molecular weight is 617 g/mol. The van der Waals surface area contributed by atoms with Crippen LogP contribution in [0.3, 0.4) is 0 Å². The van der Waals surface area contributed by atoms with Crippen molar-refractivity contribution in [3.8, 4) is 6.07 Å². The molecule has 3 heterocycles. The molecule has 4 rings (SSSR count). The van der Waals surface area contributed by atoms with Gasteiger partial charge in [-0.1, -0.05) is 6.07 Å². The number of carbonyl (C=O) groups excluding carboxylic acids is 2. The zero-order valence-corrected chi connectivity index (χ0v) is 25.9. The second kappa shape index (κ2) is 12.1. The number of halogens is 3. The molecule has 0 aliphatic carbocycles. The van der Waals surface area contributed by atoms with Crippen LogP contribution in [0.4, 0.5) is 34.3 Å². The fourth-order valence-corrected chi connectivity index (χ4v) is 5.48. The van der Waals surface area contributed by atoms with Crippen LogP contribution in [0.5, 0.6) is 0 Å². The predicted octanol–water partition coefficient (Wildman–Crippen LogP) is 5.73. The lowest BCUT2D eigenvalue weighted by molar-refractivity contribution is -0.137. The zero-order chi connectivity index (χ0) is 32.6. The first-order valence-corrected chi connectivity index (χ1v) is 14.4. The minimum atomic E-state index is -4.70. The molecule has 2 aromatic rings. The number of hydrogen-bond donors (Lipinski definition) is 1. The zero-order valence-electron chi connectivity index (χ0n) is 25.9. The number of anilines is 2. The molecule has 238 valence electrons. The Bertz CT molecular complexity index is 1440. The number of nitriles is 1. The lowest BCUT2D eigenvalue weighted by Gasteiger charge is -2.37. The van der Waals surface area contributed by atoms with E-state index in [1.165, 1.54) is 11.1 Å². The van der Waals surface area contributed by atoms with E-state index in [9.17, 15) is 28.0 Å². The highest BCUT2D eigenvalue weighted by Gasteiger charge is 2.41. The summed E-state index contributed by atoms with van der Waals surface area (Å²) in [5.74, 6) is -1.63. The molecule has 0 unspecified atom stereocenters. The molecule has 2 aliphatic rings. The first-order chi connectivity index (χ1) is 20.4. The number of likely N-dealkylation sites (tertiary alicyclic amines) is 1. The van der Waals surface area contributed by atoms with E-state index in [4.69, 9.17) is 15.2 Å². The smallest absolute Gasteiger partial charge is 0.419 e. The summed E-state index contributed by atoms with van der Waals surface area (Å²) in [5.41, 5.74) is 5.19. The van der Waals surface area contributed by atoms with Crippen LogP contribution >= 0.6 is 0 Å². The van der Waals surface area contributed by atoms with Crippen LogP contribution in [0.25, 0.3) is 0 Å². The van der Waals surface area contributed by atoms with E-state index in [2.05, 4.69) is 11.1 Å². The number of pyridine rings is 1. The third-order valence-corrected chi connectivity index (χ3v) is 7.49. The summed E-state index contributed by atoms with van der Waals surface area (Å²) in [6.07, 6.45) is -4.36. The van der Waals surface area contributed by atoms with Gasteiger partial charge in [0.1, 0.15) is 23.1 Å². The molecular formula is C31H39F3N6O4. The van der Waals surface area contributed by atoms with Crippen molar-refractivity contribution in [1.29, 1.82) is 5.26 Å². The average Bonchev–Trinajstić information content (AvgIpc) is 3.36. The highest BCUT2D eigenvalue weighted by Crippen LogP contribution is 2.43. The van der Waals surface area contributed by atoms with Crippen LogP contribution in [-0.2, 0) is 15.7 Å². The van der Waals surface area contributed by atoms with Gasteiger partial charge >= 0.3 is 18.4 Å². The summed E-state index contributed by atoms with van der Waals surface area (Å²) >= 11 is 0. The van der Waals surface area contributed by atoms with E-state index >= 15 is 0 Å². The molecule has 10 nitrogen and oxygen atoms in total. The molecule has 44 heavy (non-hydrogen) atoms. The first-order valence-electron chi connectivity index (χ1n) is 14.4. The fourth-order valence-electron chi connectivity index (χ4n) is 5.48. The largest absolute Gasteiger partial charge is 0.444 e. The maximum Gasteiger partial charge on any atom is 0.419 e. The molecule has 2 amide bonds. The van der Waals surface area contributed by atoms with Crippen molar-refractivity contribution in [3.63, 3.8) is 0 Å². The maximum atomic E-state index is 13.7. The van der Waals surface area contributed by atoms with E-state index in [1.54, 1.807) is 31.7 Å². The molecule has 1 aromatic carbocycles. The molecule has 2 N–H and O–H groups in total. The Hall–Kier alpha value is -4.21. The van der Waals surface area contributed by atoms with Gasteiger partial charge in [0.15, 0.2) is 0 Å². The third kappa shape index (κ3) is 7.65. The van der Waals surface area contributed by atoms with Gasteiger partial charge in [-0.25, -0.2) is 14.6 Å². The number of ether oxygens (including phenoxy) is 2. The SMILES string of the molecule is CC(C)(C)OC(=O)N1CCN(c2ccc([C@@H]3CN(C(=O)OC(C)(C)C)C[C@H]3c3cnc(N)c(C(F)(F)F)c3)cc2C#N)CC1. The predicted molar refractivity (Wildman–Crippen MR) is 158 cm³/mol. The van der Waals surface area contributed by atoms with Crippen molar-refractivity contribution in [3.05, 3.63) is 52.7 Å². The Labute approximate surface area is 255 Å². The summed E-state index contributed by atoms with van der Waals surface area (Å²) < 4.78 is 52.2. The number of aromatic nitrogens is 1. The van der Waals surface area contributed by atoms with Gasteiger partial charge in [-0.05, 0) is 70.9 Å². The molecule has 0 radical (unpaired) electrons. The Morgan fingerprint density at radius 1 is 0.886 bits per heavy atom. The summed E-state index contributed by atoms with van der Waals surface area (Å²) in [7, 11) is 0. The fraction of sp³-hybridized carbons (Fsp3) is 0.548. The summed E-state index contributed by atoms with van der Waals surface area (Å²) in [4.78, 5) is 34.5. The van der Waals surface area contributed by atoms with Gasteiger partial charge in [-0.2, -0.15) is 18.4 Å². The van der Waals surface area contributed by atoms with Gasteiger partial charge in [0, 0.05) is 57.3 Å². The van der Waals surface area contributed by atoms with Crippen LogP contribution in [0.2, 0.25) is 0 Å². The van der Waals surface area contributed by atoms with E-state index < -0.39 is 46.7 Å². The van der Waals surface area contributed by atoms with E-state index in [1.807, 2.05) is 37.8 Å². The van der Waals surface area contributed by atoms with Crippen LogP contribution < -0.4 is 10.6 Å². The topological polar surface area (TPSA) is 125 Å². The minimum Gasteiger partial charge on any atom is -0.444 e. The number of benzene rings is 1. The number of nitrogen functional groups attached to an aromatic ring is 1. The highest BCUT2D eigenvalue weighted by atomic mass is 19.4. The number of carbonyl (C=O) groups is 2. The van der Waals surface area contributed by atoms with Gasteiger partial charge in [0.05, 0.1) is 16.8 Å². The minimum absolute atomic E-state index is 0.0960.